The SMILES string of the molecule is O=C1CC(=S)Nc2ccccc2N1CCCN1CCN(Cc2ccccc2-c2ccc(Cl)cc2)CC1. The molecular weight excluding hydrogens is 488 g/mol. The van der Waals surface area contributed by atoms with Gasteiger partial charge in [0, 0.05) is 44.3 Å². The summed E-state index contributed by atoms with van der Waals surface area (Å²) in [4.78, 5) is 20.3. The number of piperazine rings is 1. The summed E-state index contributed by atoms with van der Waals surface area (Å²) < 4.78 is 0. The van der Waals surface area contributed by atoms with E-state index in [1.54, 1.807) is 0 Å². The van der Waals surface area contributed by atoms with E-state index in [0.29, 0.717) is 11.5 Å². The molecule has 5 rings (SSSR count). The molecule has 0 radical (unpaired) electrons. The highest BCUT2D eigenvalue weighted by atomic mass is 35.5. The molecule has 2 heterocycles. The highest BCUT2D eigenvalue weighted by molar-refractivity contribution is 7.80. The molecular formula is C29H31ClN4OS. The van der Waals surface area contributed by atoms with Crippen LogP contribution in [0.2, 0.25) is 5.02 Å². The van der Waals surface area contributed by atoms with Gasteiger partial charge in [0.25, 0.3) is 0 Å². The third-order valence-electron chi connectivity index (χ3n) is 6.97. The topological polar surface area (TPSA) is 38.8 Å². The fourth-order valence-corrected chi connectivity index (χ4v) is 5.41. The van der Waals surface area contributed by atoms with Crippen molar-refractivity contribution in [2.24, 2.45) is 0 Å². The van der Waals surface area contributed by atoms with E-state index in [2.05, 4.69) is 51.5 Å². The number of fused-ring (bicyclic) bond motifs is 1. The molecule has 0 bridgehead atoms. The maximum atomic E-state index is 12.8. The summed E-state index contributed by atoms with van der Waals surface area (Å²) >= 11 is 11.4. The van der Waals surface area contributed by atoms with Crippen molar-refractivity contribution < 1.29 is 4.79 Å². The van der Waals surface area contributed by atoms with Crippen LogP contribution in [0.1, 0.15) is 18.4 Å². The molecule has 0 atom stereocenters. The van der Waals surface area contributed by atoms with E-state index in [-0.39, 0.29) is 12.3 Å². The number of anilines is 2. The van der Waals surface area contributed by atoms with Crippen LogP contribution in [-0.2, 0) is 11.3 Å². The predicted octanol–water partition coefficient (Wildman–Crippen LogP) is 5.69. The molecule has 3 aromatic rings. The van der Waals surface area contributed by atoms with Gasteiger partial charge in [-0.25, -0.2) is 0 Å². The van der Waals surface area contributed by atoms with Gasteiger partial charge >= 0.3 is 0 Å². The Morgan fingerprint density at radius 3 is 2.33 bits per heavy atom. The Morgan fingerprint density at radius 2 is 1.53 bits per heavy atom. The Kier molecular flexibility index (Phi) is 7.97. The van der Waals surface area contributed by atoms with Gasteiger partial charge in [-0.3, -0.25) is 9.69 Å². The van der Waals surface area contributed by atoms with Crippen molar-refractivity contribution in [1.29, 1.82) is 0 Å². The van der Waals surface area contributed by atoms with E-state index in [9.17, 15) is 4.79 Å². The summed E-state index contributed by atoms with van der Waals surface area (Å²) in [5, 5.41) is 3.97. The monoisotopic (exact) mass is 518 g/mol. The summed E-state index contributed by atoms with van der Waals surface area (Å²) in [5.74, 6) is 0.0709. The van der Waals surface area contributed by atoms with Crippen LogP contribution in [0.15, 0.2) is 72.8 Å². The van der Waals surface area contributed by atoms with Crippen LogP contribution in [0.4, 0.5) is 11.4 Å². The largest absolute Gasteiger partial charge is 0.348 e. The molecule has 7 heteroatoms. The summed E-state index contributed by atoms with van der Waals surface area (Å²) in [6, 6.07) is 24.7. The van der Waals surface area contributed by atoms with Crippen LogP contribution in [-0.4, -0.2) is 60.0 Å². The van der Waals surface area contributed by atoms with Gasteiger partial charge in [-0.15, -0.1) is 0 Å². The number of hydrogen-bond acceptors (Lipinski definition) is 4. The van der Waals surface area contributed by atoms with Crippen LogP contribution in [0.25, 0.3) is 11.1 Å². The Bertz CT molecular complexity index is 1220. The van der Waals surface area contributed by atoms with Crippen molar-refractivity contribution in [3.8, 4) is 11.1 Å². The third kappa shape index (κ3) is 5.95. The van der Waals surface area contributed by atoms with Crippen LogP contribution in [0.3, 0.4) is 0 Å². The first kappa shape index (κ1) is 24.9. The number of amides is 1. The molecule has 0 aliphatic carbocycles. The number of carbonyl (C=O) groups is 1. The average Bonchev–Trinajstić information content (AvgIpc) is 3.01. The van der Waals surface area contributed by atoms with Crippen LogP contribution in [0.5, 0.6) is 0 Å². The van der Waals surface area contributed by atoms with Crippen molar-refractivity contribution in [2.45, 2.75) is 19.4 Å². The molecule has 0 unspecified atom stereocenters. The van der Waals surface area contributed by atoms with E-state index in [4.69, 9.17) is 23.8 Å². The molecule has 1 saturated heterocycles. The normalized spacial score (nSPS) is 17.0. The standard InChI is InChI=1S/C29H31ClN4OS/c30-24-12-10-22(11-13-24)25-7-2-1-6-23(25)21-33-18-16-32(17-19-33)14-5-15-34-27-9-4-3-8-26(27)31-28(36)20-29(34)35/h1-4,6-13H,5,14-21H2,(H,31,36). The van der Waals surface area contributed by atoms with Crippen LogP contribution < -0.4 is 10.2 Å². The minimum Gasteiger partial charge on any atom is -0.348 e. The zero-order valence-corrected chi connectivity index (χ0v) is 21.9. The Morgan fingerprint density at radius 1 is 0.833 bits per heavy atom. The highest BCUT2D eigenvalue weighted by Gasteiger charge is 2.24. The molecule has 1 N–H and O–H groups in total. The second-order valence-electron chi connectivity index (χ2n) is 9.42. The first-order valence-electron chi connectivity index (χ1n) is 12.5. The lowest BCUT2D eigenvalue weighted by molar-refractivity contribution is -0.117. The minimum absolute atomic E-state index is 0.0709. The summed E-state index contributed by atoms with van der Waals surface area (Å²) in [6.07, 6.45) is 1.20. The second kappa shape index (κ2) is 11.5. The molecule has 36 heavy (non-hydrogen) atoms. The summed E-state index contributed by atoms with van der Waals surface area (Å²) in [5.41, 5.74) is 5.66. The van der Waals surface area contributed by atoms with Crippen molar-refractivity contribution in [3.63, 3.8) is 0 Å². The van der Waals surface area contributed by atoms with Gasteiger partial charge in [-0.05, 0) is 53.9 Å². The molecule has 2 aliphatic rings. The van der Waals surface area contributed by atoms with Gasteiger partial charge in [-0.1, -0.05) is 72.3 Å². The lowest BCUT2D eigenvalue weighted by Crippen LogP contribution is -2.46. The Balaban J connectivity index is 1.13. The molecule has 0 saturated carbocycles. The molecule has 0 spiro atoms. The van der Waals surface area contributed by atoms with Crippen molar-refractivity contribution in [2.75, 3.05) is 49.5 Å². The van der Waals surface area contributed by atoms with E-state index < -0.39 is 0 Å². The maximum absolute atomic E-state index is 12.8. The van der Waals surface area contributed by atoms with Gasteiger partial charge in [0.1, 0.15) is 0 Å². The summed E-state index contributed by atoms with van der Waals surface area (Å²) in [7, 11) is 0. The van der Waals surface area contributed by atoms with Gasteiger partial charge in [0.15, 0.2) is 0 Å². The number of benzene rings is 3. The number of thiocarbonyl (C=S) groups is 1. The first-order chi connectivity index (χ1) is 17.6. The zero-order valence-electron chi connectivity index (χ0n) is 20.3. The molecule has 1 fully saturated rings. The molecule has 3 aromatic carbocycles. The average molecular weight is 519 g/mol. The predicted molar refractivity (Wildman–Crippen MR) is 153 cm³/mol. The number of carbonyl (C=O) groups excluding carboxylic acids is 1. The van der Waals surface area contributed by atoms with E-state index in [0.717, 1.165) is 62.1 Å². The van der Waals surface area contributed by atoms with Gasteiger partial charge < -0.3 is 15.1 Å². The highest BCUT2D eigenvalue weighted by Crippen LogP contribution is 2.30. The number of nitrogens with zero attached hydrogens (tertiary/aromatic N) is 3. The number of para-hydroxylation sites is 2. The zero-order chi connectivity index (χ0) is 24.9. The number of nitrogens with one attached hydrogen (secondary N) is 1. The number of hydrogen-bond donors (Lipinski definition) is 1. The Labute approximate surface area is 223 Å². The second-order valence-corrected chi connectivity index (χ2v) is 10.4. The van der Waals surface area contributed by atoms with Crippen LogP contribution >= 0.6 is 23.8 Å². The van der Waals surface area contributed by atoms with Crippen molar-refractivity contribution in [3.05, 3.63) is 83.4 Å². The van der Waals surface area contributed by atoms with Gasteiger partial charge in [0.05, 0.1) is 22.8 Å². The van der Waals surface area contributed by atoms with E-state index in [1.807, 2.05) is 41.3 Å². The molecule has 0 aromatic heterocycles. The van der Waals surface area contributed by atoms with E-state index >= 15 is 0 Å². The quantitative estimate of drug-likeness (QED) is 0.407. The fraction of sp³-hybridized carbons (Fsp3) is 0.310. The fourth-order valence-electron chi connectivity index (χ4n) is 5.05. The van der Waals surface area contributed by atoms with Crippen molar-refractivity contribution >= 4 is 46.1 Å². The maximum Gasteiger partial charge on any atom is 0.233 e. The molecule has 2 aliphatic heterocycles. The number of rotatable bonds is 7. The third-order valence-corrected chi connectivity index (χ3v) is 7.47. The molecule has 186 valence electrons. The van der Waals surface area contributed by atoms with Crippen molar-refractivity contribution in [1.82, 2.24) is 9.80 Å². The molecule has 5 nitrogen and oxygen atoms in total. The first-order valence-corrected chi connectivity index (χ1v) is 13.3. The van der Waals surface area contributed by atoms with Gasteiger partial charge in [0.2, 0.25) is 5.91 Å². The lowest BCUT2D eigenvalue weighted by atomic mass is 9.99. The lowest BCUT2D eigenvalue weighted by Gasteiger charge is -2.35. The number of halogens is 1. The Hall–Kier alpha value is -2.77. The van der Waals surface area contributed by atoms with Crippen LogP contribution in [0, 0.1) is 0 Å². The minimum atomic E-state index is 0.0709. The van der Waals surface area contributed by atoms with E-state index in [1.165, 1.54) is 16.7 Å². The smallest absolute Gasteiger partial charge is 0.233 e. The summed E-state index contributed by atoms with van der Waals surface area (Å²) in [6.45, 7) is 6.79. The van der Waals surface area contributed by atoms with Gasteiger partial charge in [-0.2, -0.15) is 0 Å². The molecule has 1 amide bonds.